The van der Waals surface area contributed by atoms with Gasteiger partial charge in [-0.2, -0.15) is 11.3 Å². The molecule has 1 aromatic rings. The minimum absolute atomic E-state index is 0.249. The number of methoxy groups -OCH3 is 1. The van der Waals surface area contributed by atoms with Crippen LogP contribution in [0.2, 0.25) is 0 Å². The first-order valence-corrected chi connectivity index (χ1v) is 6.06. The molecule has 0 bridgehead atoms. The first-order valence-electron chi connectivity index (χ1n) is 5.12. The van der Waals surface area contributed by atoms with E-state index in [1.54, 1.807) is 11.3 Å². The van der Waals surface area contributed by atoms with Crippen LogP contribution < -0.4 is 5.32 Å². The fourth-order valence-electron chi connectivity index (χ4n) is 1.28. The number of thiophene rings is 1. The molecule has 88 valence electrons. The number of nitrogens with one attached hydrogen (secondary N) is 1. The van der Waals surface area contributed by atoms with Crippen LogP contribution in [0.15, 0.2) is 28.5 Å². The summed E-state index contributed by atoms with van der Waals surface area (Å²) in [4.78, 5) is 11.6. The Balaban J connectivity index is 2.66. The number of hydrogen-bond donors (Lipinski definition) is 1. The first-order chi connectivity index (χ1) is 7.65. The quantitative estimate of drug-likeness (QED) is 0.634. The Hall–Kier alpha value is -1.13. The van der Waals surface area contributed by atoms with Crippen molar-refractivity contribution >= 4 is 17.3 Å². The molecule has 0 saturated carbocycles. The van der Waals surface area contributed by atoms with Gasteiger partial charge in [-0.25, -0.2) is 4.79 Å². The monoisotopic (exact) mass is 239 g/mol. The van der Waals surface area contributed by atoms with Crippen molar-refractivity contribution < 1.29 is 9.53 Å². The van der Waals surface area contributed by atoms with Crippen molar-refractivity contribution in [3.8, 4) is 0 Å². The van der Waals surface area contributed by atoms with Gasteiger partial charge >= 0.3 is 5.97 Å². The van der Waals surface area contributed by atoms with E-state index in [0.29, 0.717) is 6.54 Å². The summed E-state index contributed by atoms with van der Waals surface area (Å²) >= 11 is 1.57. The lowest BCUT2D eigenvalue weighted by atomic mass is 10.1. The molecule has 16 heavy (non-hydrogen) atoms. The highest BCUT2D eigenvalue weighted by atomic mass is 32.1. The lowest BCUT2D eigenvalue weighted by Crippen LogP contribution is -2.29. The van der Waals surface area contributed by atoms with E-state index in [2.05, 4.69) is 5.32 Å². The van der Waals surface area contributed by atoms with Gasteiger partial charge in [0.1, 0.15) is 6.04 Å². The molecule has 1 atom stereocenters. The third-order valence-corrected chi connectivity index (χ3v) is 2.85. The largest absolute Gasteiger partial charge is 0.468 e. The molecule has 1 aromatic heterocycles. The molecule has 0 aliphatic heterocycles. The molecule has 0 amide bonds. The highest BCUT2D eigenvalue weighted by Gasteiger charge is 2.20. The average molecular weight is 239 g/mol. The summed E-state index contributed by atoms with van der Waals surface area (Å²) in [7, 11) is 1.41. The second-order valence-electron chi connectivity index (χ2n) is 3.70. The molecule has 0 fully saturated rings. The molecule has 4 heteroatoms. The highest BCUT2D eigenvalue weighted by Crippen LogP contribution is 2.17. The third kappa shape index (κ3) is 3.79. The van der Waals surface area contributed by atoms with Crippen LogP contribution in [0.5, 0.6) is 0 Å². The van der Waals surface area contributed by atoms with Crippen molar-refractivity contribution in [1.29, 1.82) is 0 Å². The van der Waals surface area contributed by atoms with Gasteiger partial charge in [-0.15, -0.1) is 0 Å². The van der Waals surface area contributed by atoms with Gasteiger partial charge in [-0.05, 0) is 36.2 Å². The predicted molar refractivity (Wildman–Crippen MR) is 66.5 cm³/mol. The zero-order valence-corrected chi connectivity index (χ0v) is 10.6. The number of hydrogen-bond acceptors (Lipinski definition) is 4. The maximum atomic E-state index is 11.6. The molecular formula is C12H17NO2S. The second kappa shape index (κ2) is 6.45. The number of rotatable bonds is 5. The van der Waals surface area contributed by atoms with Gasteiger partial charge < -0.3 is 4.74 Å². The molecule has 0 unspecified atom stereocenters. The highest BCUT2D eigenvalue weighted by molar-refractivity contribution is 7.08. The van der Waals surface area contributed by atoms with Crippen LogP contribution >= 0.6 is 11.3 Å². The Kier molecular flexibility index (Phi) is 5.22. The van der Waals surface area contributed by atoms with E-state index in [0.717, 1.165) is 5.56 Å². The van der Waals surface area contributed by atoms with E-state index in [-0.39, 0.29) is 12.0 Å². The Morgan fingerprint density at radius 2 is 2.38 bits per heavy atom. The van der Waals surface area contributed by atoms with Gasteiger partial charge in [0.25, 0.3) is 0 Å². The molecule has 0 aliphatic carbocycles. The molecule has 3 nitrogen and oxygen atoms in total. The summed E-state index contributed by atoms with van der Waals surface area (Å²) in [6.45, 7) is 4.72. The van der Waals surface area contributed by atoms with Crippen molar-refractivity contribution in [2.24, 2.45) is 0 Å². The summed E-state index contributed by atoms with van der Waals surface area (Å²) in [5.74, 6) is -0.249. The van der Waals surface area contributed by atoms with Crippen LogP contribution in [-0.4, -0.2) is 19.6 Å². The predicted octanol–water partition coefficient (Wildman–Crippen LogP) is 2.52. The van der Waals surface area contributed by atoms with E-state index in [9.17, 15) is 4.79 Å². The maximum Gasteiger partial charge on any atom is 0.327 e. The Labute approximate surface area is 100 Å². The lowest BCUT2D eigenvalue weighted by molar-refractivity contribution is -0.143. The number of carbonyl (C=O) groups is 1. The van der Waals surface area contributed by atoms with Crippen molar-refractivity contribution in [3.63, 3.8) is 0 Å². The Morgan fingerprint density at radius 1 is 1.62 bits per heavy atom. The third-order valence-electron chi connectivity index (χ3n) is 2.15. The van der Waals surface area contributed by atoms with Crippen molar-refractivity contribution in [1.82, 2.24) is 5.32 Å². The van der Waals surface area contributed by atoms with Gasteiger partial charge in [-0.3, -0.25) is 5.32 Å². The van der Waals surface area contributed by atoms with Gasteiger partial charge in [-0.1, -0.05) is 11.6 Å². The van der Waals surface area contributed by atoms with Gasteiger partial charge in [0, 0.05) is 6.54 Å². The summed E-state index contributed by atoms with van der Waals surface area (Å²) in [5.41, 5.74) is 2.18. The molecule has 0 aromatic carbocycles. The number of allylic oxidation sites excluding steroid dienone is 1. The average Bonchev–Trinajstić information content (AvgIpc) is 2.76. The van der Waals surface area contributed by atoms with Gasteiger partial charge in [0.15, 0.2) is 0 Å². The van der Waals surface area contributed by atoms with Gasteiger partial charge in [0.05, 0.1) is 7.11 Å². The molecule has 0 radical (unpaired) electrons. The van der Waals surface area contributed by atoms with Crippen LogP contribution in [0.4, 0.5) is 0 Å². The Bertz CT molecular complexity index is 353. The van der Waals surface area contributed by atoms with E-state index in [1.807, 2.05) is 36.7 Å². The molecule has 0 spiro atoms. The summed E-state index contributed by atoms with van der Waals surface area (Å²) in [6.07, 6.45) is 2.04. The topological polar surface area (TPSA) is 38.3 Å². The van der Waals surface area contributed by atoms with Crippen molar-refractivity contribution in [2.45, 2.75) is 19.9 Å². The summed E-state index contributed by atoms with van der Waals surface area (Å²) in [6, 6.07) is 1.56. The first kappa shape index (κ1) is 12.9. The fourth-order valence-corrected chi connectivity index (χ4v) is 1.96. The maximum absolute atomic E-state index is 11.6. The lowest BCUT2D eigenvalue weighted by Gasteiger charge is -2.14. The summed E-state index contributed by atoms with van der Waals surface area (Å²) in [5, 5.41) is 7.07. The zero-order chi connectivity index (χ0) is 12.0. The Morgan fingerprint density at radius 3 is 2.88 bits per heavy atom. The van der Waals surface area contributed by atoms with Crippen LogP contribution in [-0.2, 0) is 9.53 Å². The van der Waals surface area contributed by atoms with Gasteiger partial charge in [0.2, 0.25) is 0 Å². The molecule has 1 rings (SSSR count). The van der Waals surface area contributed by atoms with E-state index >= 15 is 0 Å². The van der Waals surface area contributed by atoms with Crippen LogP contribution in [0.25, 0.3) is 0 Å². The normalized spacial score (nSPS) is 11.9. The minimum atomic E-state index is -0.369. The van der Waals surface area contributed by atoms with E-state index < -0.39 is 0 Å². The molecule has 0 aliphatic rings. The second-order valence-corrected chi connectivity index (χ2v) is 4.48. The summed E-state index contributed by atoms with van der Waals surface area (Å²) < 4.78 is 4.78. The molecular weight excluding hydrogens is 222 g/mol. The SMILES string of the molecule is COC(=O)[C@@H](NCC=C(C)C)c1ccsc1. The minimum Gasteiger partial charge on any atom is -0.468 e. The molecule has 1 N–H and O–H groups in total. The number of esters is 1. The number of ether oxygens (including phenoxy) is 1. The van der Waals surface area contributed by atoms with Crippen molar-refractivity contribution in [3.05, 3.63) is 34.0 Å². The fraction of sp³-hybridized carbons (Fsp3) is 0.417. The van der Waals surface area contributed by atoms with E-state index in [1.165, 1.54) is 12.7 Å². The van der Waals surface area contributed by atoms with Crippen LogP contribution in [0, 0.1) is 0 Å². The van der Waals surface area contributed by atoms with E-state index in [4.69, 9.17) is 4.74 Å². The number of carbonyl (C=O) groups excluding carboxylic acids is 1. The zero-order valence-electron chi connectivity index (χ0n) is 9.82. The standard InChI is InChI=1S/C12H17NO2S/c1-9(2)4-6-13-11(12(14)15-3)10-5-7-16-8-10/h4-5,7-8,11,13H,6H2,1-3H3/t11-/m0/s1. The molecule has 1 heterocycles. The molecule has 0 saturated heterocycles. The smallest absolute Gasteiger partial charge is 0.327 e. The van der Waals surface area contributed by atoms with Crippen LogP contribution in [0.1, 0.15) is 25.5 Å². The van der Waals surface area contributed by atoms with Crippen molar-refractivity contribution in [2.75, 3.05) is 13.7 Å². The van der Waals surface area contributed by atoms with Crippen LogP contribution in [0.3, 0.4) is 0 Å².